The van der Waals surface area contributed by atoms with Crippen LogP contribution in [0.25, 0.3) is 0 Å². The van der Waals surface area contributed by atoms with E-state index in [2.05, 4.69) is 4.90 Å². The van der Waals surface area contributed by atoms with E-state index in [-0.39, 0.29) is 23.2 Å². The quantitative estimate of drug-likeness (QED) is 0.623. The van der Waals surface area contributed by atoms with E-state index in [1.807, 2.05) is 37.3 Å². The maximum Gasteiger partial charge on any atom is 0.289 e. The molecule has 0 radical (unpaired) electrons. The average Bonchev–Trinajstić information content (AvgIpc) is 3.31. The zero-order chi connectivity index (χ0) is 20.9. The summed E-state index contributed by atoms with van der Waals surface area (Å²) in [5.41, 5.74) is 0.786. The first-order chi connectivity index (χ1) is 14.6. The van der Waals surface area contributed by atoms with Crippen molar-refractivity contribution in [1.29, 1.82) is 0 Å². The van der Waals surface area contributed by atoms with Gasteiger partial charge in [-0.1, -0.05) is 30.3 Å². The Morgan fingerprint density at radius 3 is 2.50 bits per heavy atom. The Labute approximate surface area is 174 Å². The molecule has 0 N–H and O–H groups in total. The number of piperazine rings is 1. The molecule has 0 saturated carbocycles. The van der Waals surface area contributed by atoms with E-state index in [1.165, 1.54) is 18.6 Å². The summed E-state index contributed by atoms with van der Waals surface area (Å²) < 4.78 is 16.6. The summed E-state index contributed by atoms with van der Waals surface area (Å²) in [6.45, 7) is 4.98. The molecule has 2 aromatic heterocycles. The molecular weight excluding hydrogens is 384 g/mol. The van der Waals surface area contributed by atoms with Crippen LogP contribution in [-0.2, 0) is 6.54 Å². The average molecular weight is 408 g/mol. The van der Waals surface area contributed by atoms with Crippen LogP contribution in [0.5, 0.6) is 5.75 Å². The van der Waals surface area contributed by atoms with Crippen LogP contribution in [0.1, 0.15) is 34.9 Å². The number of carbonyl (C=O) groups excluding carboxylic acids is 1. The molecule has 1 aliphatic rings. The van der Waals surface area contributed by atoms with Crippen molar-refractivity contribution >= 4 is 5.91 Å². The number of ether oxygens (including phenoxy) is 1. The summed E-state index contributed by atoms with van der Waals surface area (Å²) in [7, 11) is 0. The fraction of sp³-hybridized carbons (Fsp3) is 0.304. The topological polar surface area (TPSA) is 76.1 Å². The Bertz CT molecular complexity index is 1020. The predicted octanol–water partition coefficient (Wildman–Crippen LogP) is 3.33. The van der Waals surface area contributed by atoms with Gasteiger partial charge in [-0.3, -0.25) is 14.5 Å². The second kappa shape index (κ2) is 9.00. The normalized spacial score (nSPS) is 15.7. The number of furan rings is 1. The monoisotopic (exact) mass is 408 g/mol. The highest BCUT2D eigenvalue weighted by Gasteiger charge is 2.24. The van der Waals surface area contributed by atoms with E-state index in [0.29, 0.717) is 44.2 Å². The number of nitrogens with zero attached hydrogens (tertiary/aromatic N) is 2. The Hall–Kier alpha value is -3.32. The zero-order valence-electron chi connectivity index (χ0n) is 16.8. The van der Waals surface area contributed by atoms with Gasteiger partial charge in [-0.15, -0.1) is 0 Å². The van der Waals surface area contributed by atoms with E-state index in [1.54, 1.807) is 17.0 Å². The molecule has 4 rings (SSSR count). The molecule has 7 nitrogen and oxygen atoms in total. The van der Waals surface area contributed by atoms with Gasteiger partial charge in [0.1, 0.15) is 18.1 Å². The fourth-order valence-electron chi connectivity index (χ4n) is 3.48. The van der Waals surface area contributed by atoms with Crippen LogP contribution in [0.4, 0.5) is 0 Å². The Morgan fingerprint density at radius 1 is 1.07 bits per heavy atom. The van der Waals surface area contributed by atoms with E-state index in [9.17, 15) is 9.59 Å². The lowest BCUT2D eigenvalue weighted by Gasteiger charge is -2.33. The second-order valence-electron chi connectivity index (χ2n) is 7.29. The van der Waals surface area contributed by atoms with Crippen molar-refractivity contribution in [3.05, 3.63) is 88.4 Å². The smallest absolute Gasteiger partial charge is 0.289 e. The van der Waals surface area contributed by atoms with Crippen molar-refractivity contribution in [1.82, 2.24) is 9.80 Å². The Morgan fingerprint density at radius 2 is 1.83 bits per heavy atom. The van der Waals surface area contributed by atoms with E-state index in [0.717, 1.165) is 5.56 Å². The SMILES string of the molecule is C[C@H](Oc1coc(CN2CCN(C(=O)c3ccco3)CC2)cc1=O)c1ccccc1. The van der Waals surface area contributed by atoms with Crippen molar-refractivity contribution in [2.45, 2.75) is 19.6 Å². The van der Waals surface area contributed by atoms with Gasteiger partial charge in [0.05, 0.1) is 12.8 Å². The number of amides is 1. The van der Waals surface area contributed by atoms with E-state index < -0.39 is 0 Å². The summed E-state index contributed by atoms with van der Waals surface area (Å²) in [6.07, 6.45) is 2.63. The number of hydrogen-bond donors (Lipinski definition) is 0. The molecule has 156 valence electrons. The molecule has 3 aromatic rings. The first-order valence-corrected chi connectivity index (χ1v) is 9.98. The van der Waals surface area contributed by atoms with Crippen molar-refractivity contribution in [2.75, 3.05) is 26.2 Å². The first kappa shape index (κ1) is 20.0. The molecule has 7 heteroatoms. The summed E-state index contributed by atoms with van der Waals surface area (Å²) in [6, 6.07) is 14.6. The number of hydrogen-bond acceptors (Lipinski definition) is 6. The predicted molar refractivity (Wildman–Crippen MR) is 110 cm³/mol. The second-order valence-corrected chi connectivity index (χ2v) is 7.29. The molecule has 1 atom stereocenters. The summed E-state index contributed by atoms with van der Waals surface area (Å²) in [5, 5.41) is 0. The molecule has 30 heavy (non-hydrogen) atoms. The first-order valence-electron chi connectivity index (χ1n) is 9.98. The molecular formula is C23H24N2O5. The molecule has 0 unspecified atom stereocenters. The van der Waals surface area contributed by atoms with Gasteiger partial charge in [0, 0.05) is 32.2 Å². The third-order valence-corrected chi connectivity index (χ3v) is 5.20. The number of rotatable bonds is 6. The number of carbonyl (C=O) groups is 1. The molecule has 1 aliphatic heterocycles. The zero-order valence-corrected chi connectivity index (χ0v) is 16.8. The van der Waals surface area contributed by atoms with Crippen LogP contribution in [0.2, 0.25) is 0 Å². The van der Waals surface area contributed by atoms with Crippen molar-refractivity contribution in [3.8, 4) is 5.75 Å². The summed E-state index contributed by atoms with van der Waals surface area (Å²) >= 11 is 0. The van der Waals surface area contributed by atoms with E-state index >= 15 is 0 Å². The van der Waals surface area contributed by atoms with Gasteiger partial charge >= 0.3 is 0 Å². The minimum Gasteiger partial charge on any atom is -0.479 e. The van der Waals surface area contributed by atoms with Crippen LogP contribution in [-0.4, -0.2) is 41.9 Å². The Kier molecular flexibility index (Phi) is 5.99. The summed E-state index contributed by atoms with van der Waals surface area (Å²) in [5.74, 6) is 1.03. The molecule has 0 spiro atoms. The van der Waals surface area contributed by atoms with Gasteiger partial charge in [0.25, 0.3) is 5.91 Å². The lowest BCUT2D eigenvalue weighted by Crippen LogP contribution is -2.48. The molecule has 1 amide bonds. The highest BCUT2D eigenvalue weighted by molar-refractivity contribution is 5.91. The van der Waals surface area contributed by atoms with Crippen LogP contribution in [0.3, 0.4) is 0 Å². The maximum absolute atomic E-state index is 12.5. The lowest BCUT2D eigenvalue weighted by atomic mass is 10.1. The van der Waals surface area contributed by atoms with Gasteiger partial charge in [-0.2, -0.15) is 0 Å². The van der Waals surface area contributed by atoms with Gasteiger partial charge in [0.2, 0.25) is 11.2 Å². The largest absolute Gasteiger partial charge is 0.479 e. The molecule has 1 aromatic carbocycles. The fourth-order valence-corrected chi connectivity index (χ4v) is 3.48. The minimum absolute atomic E-state index is 0.0970. The highest BCUT2D eigenvalue weighted by atomic mass is 16.5. The van der Waals surface area contributed by atoms with E-state index in [4.69, 9.17) is 13.6 Å². The van der Waals surface area contributed by atoms with Gasteiger partial charge < -0.3 is 18.5 Å². The van der Waals surface area contributed by atoms with Gasteiger partial charge in [-0.05, 0) is 24.6 Å². The number of benzene rings is 1. The van der Waals surface area contributed by atoms with Crippen LogP contribution >= 0.6 is 0 Å². The van der Waals surface area contributed by atoms with Crippen LogP contribution < -0.4 is 10.2 Å². The highest BCUT2D eigenvalue weighted by Crippen LogP contribution is 2.19. The third-order valence-electron chi connectivity index (χ3n) is 5.20. The molecule has 1 fully saturated rings. The van der Waals surface area contributed by atoms with Gasteiger partial charge in [-0.25, -0.2) is 0 Å². The van der Waals surface area contributed by atoms with Crippen molar-refractivity contribution in [2.24, 2.45) is 0 Å². The third kappa shape index (κ3) is 4.63. The van der Waals surface area contributed by atoms with Gasteiger partial charge in [0.15, 0.2) is 5.76 Å². The van der Waals surface area contributed by atoms with Crippen LogP contribution in [0, 0.1) is 0 Å². The lowest BCUT2D eigenvalue weighted by molar-refractivity contribution is 0.0588. The maximum atomic E-state index is 12.5. The summed E-state index contributed by atoms with van der Waals surface area (Å²) in [4.78, 5) is 28.7. The minimum atomic E-state index is -0.250. The van der Waals surface area contributed by atoms with Crippen molar-refractivity contribution in [3.63, 3.8) is 0 Å². The Balaban J connectivity index is 1.32. The van der Waals surface area contributed by atoms with Crippen LogP contribution in [0.15, 0.2) is 74.7 Å². The molecule has 3 heterocycles. The van der Waals surface area contributed by atoms with Crippen molar-refractivity contribution < 1.29 is 18.4 Å². The standard InChI is InChI=1S/C23H24N2O5/c1-17(18-6-3-2-4-7-18)30-22-16-29-19(14-20(22)26)15-24-9-11-25(12-10-24)23(27)21-8-5-13-28-21/h2-8,13-14,16-17H,9-12,15H2,1H3/t17-/m0/s1. The molecule has 1 saturated heterocycles. The molecule has 0 aliphatic carbocycles. The molecule has 0 bridgehead atoms.